The van der Waals surface area contributed by atoms with Crippen molar-refractivity contribution in [2.24, 2.45) is 4.99 Å². The summed E-state index contributed by atoms with van der Waals surface area (Å²) < 4.78 is 0. The topological polar surface area (TPSA) is 25.2 Å². The molecule has 1 aromatic heterocycles. The lowest BCUT2D eigenvalue weighted by Gasteiger charge is -2.05. The Morgan fingerprint density at radius 3 is 2.75 bits per heavy atom. The Morgan fingerprint density at radius 1 is 1.50 bits per heavy atom. The molecule has 0 unspecified atom stereocenters. The van der Waals surface area contributed by atoms with Gasteiger partial charge in [0.2, 0.25) is 0 Å². The first kappa shape index (κ1) is 12.4. The van der Waals surface area contributed by atoms with Crippen molar-refractivity contribution in [3.05, 3.63) is 47.9 Å². The van der Waals surface area contributed by atoms with E-state index >= 15 is 0 Å². The van der Waals surface area contributed by atoms with Crippen LogP contribution in [0.1, 0.15) is 32.0 Å². The monoisotopic (exact) mass is 214 g/mol. The number of pyridine rings is 1. The van der Waals surface area contributed by atoms with Gasteiger partial charge >= 0.3 is 0 Å². The number of rotatable bonds is 4. The number of aliphatic imine (C=N–C) groups is 1. The van der Waals surface area contributed by atoms with Crippen LogP contribution in [0.25, 0.3) is 5.57 Å². The minimum absolute atomic E-state index is 0.960. The van der Waals surface area contributed by atoms with Gasteiger partial charge in [0.15, 0.2) is 0 Å². The molecule has 0 radical (unpaired) electrons. The fourth-order valence-corrected chi connectivity index (χ4v) is 1.30. The highest BCUT2D eigenvalue weighted by molar-refractivity contribution is 5.76. The Morgan fingerprint density at radius 2 is 2.25 bits per heavy atom. The molecule has 2 heteroatoms. The van der Waals surface area contributed by atoms with Crippen LogP contribution in [0.2, 0.25) is 0 Å². The van der Waals surface area contributed by atoms with Gasteiger partial charge in [-0.05, 0) is 43.0 Å². The van der Waals surface area contributed by atoms with E-state index in [2.05, 4.69) is 29.5 Å². The zero-order chi connectivity index (χ0) is 12.0. The van der Waals surface area contributed by atoms with Crippen molar-refractivity contribution in [1.29, 1.82) is 0 Å². The first-order valence-corrected chi connectivity index (χ1v) is 5.48. The molecule has 0 aliphatic heterocycles. The molecular formula is C14H18N2. The standard InChI is InChI=1S/C14H18N2/c1-5-14-8-7-13(10-16-14)12(4)11(3)9-15-6-2/h6-10H,4-5H2,1-3H3/b11-9+,15-6-. The molecule has 1 aromatic rings. The predicted molar refractivity (Wildman–Crippen MR) is 70.6 cm³/mol. The van der Waals surface area contributed by atoms with Crippen LogP contribution >= 0.6 is 0 Å². The van der Waals surface area contributed by atoms with Gasteiger partial charge in [0.25, 0.3) is 0 Å². The highest BCUT2D eigenvalue weighted by Gasteiger charge is 2.01. The fourth-order valence-electron chi connectivity index (χ4n) is 1.30. The van der Waals surface area contributed by atoms with Gasteiger partial charge < -0.3 is 0 Å². The van der Waals surface area contributed by atoms with E-state index in [9.17, 15) is 0 Å². The van der Waals surface area contributed by atoms with Crippen LogP contribution in [0.4, 0.5) is 0 Å². The van der Waals surface area contributed by atoms with Crippen LogP contribution in [0.15, 0.2) is 41.7 Å². The van der Waals surface area contributed by atoms with E-state index in [-0.39, 0.29) is 0 Å². The lowest BCUT2D eigenvalue weighted by Crippen LogP contribution is -1.90. The van der Waals surface area contributed by atoms with Gasteiger partial charge in [-0.2, -0.15) is 0 Å². The predicted octanol–water partition coefficient (Wildman–Crippen LogP) is 3.65. The summed E-state index contributed by atoms with van der Waals surface area (Å²) in [5.41, 5.74) is 4.19. The number of hydrogen-bond acceptors (Lipinski definition) is 2. The highest BCUT2D eigenvalue weighted by Crippen LogP contribution is 2.20. The molecule has 1 rings (SSSR count). The average molecular weight is 214 g/mol. The molecule has 0 amide bonds. The van der Waals surface area contributed by atoms with Crippen LogP contribution in [-0.4, -0.2) is 11.2 Å². The van der Waals surface area contributed by atoms with Gasteiger partial charge in [-0.1, -0.05) is 19.6 Å². The highest BCUT2D eigenvalue weighted by atomic mass is 14.7. The van der Waals surface area contributed by atoms with Crippen molar-refractivity contribution in [3.63, 3.8) is 0 Å². The summed E-state index contributed by atoms with van der Waals surface area (Å²) in [6, 6.07) is 4.10. The third-order valence-corrected chi connectivity index (χ3v) is 2.43. The molecule has 0 bridgehead atoms. The summed E-state index contributed by atoms with van der Waals surface area (Å²) in [7, 11) is 0. The Kier molecular flexibility index (Phi) is 4.65. The van der Waals surface area contributed by atoms with Gasteiger partial charge in [0.1, 0.15) is 0 Å². The Hall–Kier alpha value is -1.70. The van der Waals surface area contributed by atoms with Gasteiger partial charge in [-0.15, -0.1) is 0 Å². The van der Waals surface area contributed by atoms with Crippen molar-refractivity contribution in [2.45, 2.75) is 27.2 Å². The van der Waals surface area contributed by atoms with Crippen molar-refractivity contribution in [1.82, 2.24) is 4.98 Å². The van der Waals surface area contributed by atoms with Gasteiger partial charge in [0.05, 0.1) is 0 Å². The molecule has 0 atom stereocenters. The van der Waals surface area contributed by atoms with Gasteiger partial charge in [-0.3, -0.25) is 9.98 Å². The Bertz CT molecular complexity index is 411. The third-order valence-electron chi connectivity index (χ3n) is 2.43. The quantitative estimate of drug-likeness (QED) is 0.554. The maximum absolute atomic E-state index is 4.35. The van der Waals surface area contributed by atoms with E-state index in [0.717, 1.165) is 28.8 Å². The molecule has 0 aromatic carbocycles. The second kappa shape index (κ2) is 6.01. The molecule has 84 valence electrons. The largest absolute Gasteiger partial charge is 0.269 e. The number of aromatic nitrogens is 1. The lowest BCUT2D eigenvalue weighted by atomic mass is 10.0. The van der Waals surface area contributed by atoms with Crippen molar-refractivity contribution >= 4 is 11.8 Å². The van der Waals surface area contributed by atoms with E-state index in [0.29, 0.717) is 0 Å². The van der Waals surface area contributed by atoms with E-state index in [1.54, 1.807) is 6.21 Å². The fraction of sp³-hybridized carbons (Fsp3) is 0.286. The molecule has 0 spiro atoms. The molecular weight excluding hydrogens is 196 g/mol. The SMILES string of the molecule is C=C(/C(C)=C/N=C\C)c1ccc(CC)nc1. The van der Waals surface area contributed by atoms with E-state index < -0.39 is 0 Å². The number of allylic oxidation sites excluding steroid dienone is 2. The second-order valence-corrected chi connectivity index (χ2v) is 3.59. The molecule has 1 heterocycles. The third kappa shape index (κ3) is 3.16. The molecule has 0 fully saturated rings. The van der Waals surface area contributed by atoms with E-state index in [4.69, 9.17) is 0 Å². The summed E-state index contributed by atoms with van der Waals surface area (Å²) in [5.74, 6) is 0. The zero-order valence-corrected chi connectivity index (χ0v) is 10.2. The molecule has 0 aliphatic rings. The maximum atomic E-state index is 4.35. The molecule has 0 N–H and O–H groups in total. The van der Waals surface area contributed by atoms with Crippen molar-refractivity contribution < 1.29 is 0 Å². The van der Waals surface area contributed by atoms with Gasteiger partial charge in [0, 0.05) is 24.3 Å². The van der Waals surface area contributed by atoms with E-state index in [1.807, 2.05) is 32.3 Å². The minimum atomic E-state index is 0.960. The Labute approximate surface area is 97.5 Å². The minimum Gasteiger partial charge on any atom is -0.269 e. The normalized spacial score (nSPS) is 12.1. The van der Waals surface area contributed by atoms with E-state index in [1.165, 1.54) is 0 Å². The average Bonchev–Trinajstić information content (AvgIpc) is 2.35. The zero-order valence-electron chi connectivity index (χ0n) is 10.2. The number of aryl methyl sites for hydroxylation is 1. The summed E-state index contributed by atoms with van der Waals surface area (Å²) >= 11 is 0. The van der Waals surface area contributed by atoms with Crippen LogP contribution < -0.4 is 0 Å². The summed E-state index contributed by atoms with van der Waals surface area (Å²) in [6.07, 6.45) is 6.40. The van der Waals surface area contributed by atoms with Gasteiger partial charge in [-0.25, -0.2) is 0 Å². The molecule has 16 heavy (non-hydrogen) atoms. The van der Waals surface area contributed by atoms with Crippen LogP contribution in [0.3, 0.4) is 0 Å². The first-order valence-electron chi connectivity index (χ1n) is 5.48. The van der Waals surface area contributed by atoms with Crippen molar-refractivity contribution in [3.8, 4) is 0 Å². The molecule has 0 saturated heterocycles. The second-order valence-electron chi connectivity index (χ2n) is 3.59. The van der Waals surface area contributed by atoms with Crippen molar-refractivity contribution in [2.75, 3.05) is 0 Å². The Balaban J connectivity index is 2.88. The smallest absolute Gasteiger partial charge is 0.0401 e. The maximum Gasteiger partial charge on any atom is 0.0401 e. The molecule has 0 saturated carbocycles. The summed E-state index contributed by atoms with van der Waals surface area (Å²) in [5, 5.41) is 0. The first-order chi connectivity index (χ1) is 7.69. The van der Waals surface area contributed by atoms with Crippen LogP contribution in [0.5, 0.6) is 0 Å². The lowest BCUT2D eigenvalue weighted by molar-refractivity contribution is 1.03. The molecule has 2 nitrogen and oxygen atoms in total. The summed E-state index contributed by atoms with van der Waals surface area (Å²) in [4.78, 5) is 8.44. The molecule has 0 aliphatic carbocycles. The summed E-state index contributed by atoms with van der Waals surface area (Å²) in [6.45, 7) is 10.0. The number of hydrogen-bond donors (Lipinski definition) is 0. The van der Waals surface area contributed by atoms with Crippen LogP contribution in [0, 0.1) is 0 Å². The van der Waals surface area contributed by atoms with Crippen LogP contribution in [-0.2, 0) is 6.42 Å². The number of nitrogens with zero attached hydrogens (tertiary/aromatic N) is 2.